The second kappa shape index (κ2) is 12.5. The molecule has 0 saturated heterocycles. The molecule has 7 nitrogen and oxygen atoms in total. The topological polar surface area (TPSA) is 86.8 Å². The van der Waals surface area contributed by atoms with Gasteiger partial charge in [0, 0.05) is 48.2 Å². The Morgan fingerprint density at radius 1 is 0.971 bits per heavy atom. The van der Waals surface area contributed by atoms with Crippen LogP contribution < -0.4 is 5.32 Å². The molecular weight excluding hydrogens is 497 g/mol. The van der Waals surface area contributed by atoms with Gasteiger partial charge >= 0.3 is 0 Å². The molecule has 1 N–H and O–H groups in total. The van der Waals surface area contributed by atoms with Crippen molar-refractivity contribution >= 4 is 45.0 Å². The number of carbonyl (C=O) groups excluding carboxylic acids is 2. The fourth-order valence-corrected chi connectivity index (χ4v) is 5.08. The van der Waals surface area contributed by atoms with Gasteiger partial charge < -0.3 is 10.2 Å². The lowest BCUT2D eigenvalue weighted by Gasteiger charge is -2.30. The second-order valence-electron chi connectivity index (χ2n) is 8.30. The maximum Gasteiger partial charge on any atom is 0.242 e. The van der Waals surface area contributed by atoms with Crippen LogP contribution in [0.1, 0.15) is 39.2 Å². The minimum Gasteiger partial charge on any atom is -0.352 e. The number of nitrogens with zero attached hydrogens (tertiary/aromatic N) is 2. The van der Waals surface area contributed by atoms with Crippen molar-refractivity contribution in [2.75, 3.05) is 13.6 Å². The Balaban J connectivity index is 2.14. The minimum absolute atomic E-state index is 0.0516. The van der Waals surface area contributed by atoms with Gasteiger partial charge in [-0.3, -0.25) is 9.59 Å². The lowest BCUT2D eigenvalue weighted by atomic mass is 10.1. The Labute approximate surface area is 212 Å². The number of hydrogen-bond acceptors (Lipinski definition) is 4. The first-order valence-electron chi connectivity index (χ1n) is 11.0. The van der Waals surface area contributed by atoms with E-state index in [4.69, 9.17) is 23.2 Å². The molecule has 2 amide bonds. The zero-order chi connectivity index (χ0) is 25.5. The number of halogens is 2. The number of rotatable bonds is 11. The van der Waals surface area contributed by atoms with Crippen molar-refractivity contribution in [3.05, 3.63) is 64.1 Å². The number of nitrogens with one attached hydrogen (secondary N) is 1. The molecule has 0 unspecified atom stereocenters. The van der Waals surface area contributed by atoms with Gasteiger partial charge in [-0.05, 0) is 51.5 Å². The molecule has 0 aliphatic heterocycles. The van der Waals surface area contributed by atoms with Crippen LogP contribution in [-0.4, -0.2) is 55.1 Å². The van der Waals surface area contributed by atoms with Crippen molar-refractivity contribution in [3.8, 4) is 0 Å². The Kier molecular flexibility index (Phi) is 10.4. The van der Waals surface area contributed by atoms with E-state index in [0.29, 0.717) is 15.6 Å². The van der Waals surface area contributed by atoms with Crippen LogP contribution in [0.2, 0.25) is 10.0 Å². The van der Waals surface area contributed by atoms with Crippen molar-refractivity contribution < 1.29 is 18.0 Å². The van der Waals surface area contributed by atoms with Crippen LogP contribution in [0.3, 0.4) is 0 Å². The summed E-state index contributed by atoms with van der Waals surface area (Å²) >= 11 is 12.6. The zero-order valence-corrected chi connectivity index (χ0v) is 22.1. The monoisotopic (exact) mass is 527 g/mol. The van der Waals surface area contributed by atoms with Crippen LogP contribution in [-0.2, 0) is 26.2 Å². The summed E-state index contributed by atoms with van der Waals surface area (Å²) in [7, 11) is -2.17. The molecule has 2 aromatic rings. The molecule has 0 bridgehead atoms. The molecule has 0 radical (unpaired) electrons. The molecule has 2 aromatic carbocycles. The lowest BCUT2D eigenvalue weighted by molar-refractivity contribution is -0.140. The molecule has 0 fully saturated rings. The third kappa shape index (κ3) is 7.43. The van der Waals surface area contributed by atoms with Gasteiger partial charge in [0.05, 0.1) is 4.90 Å². The molecule has 34 heavy (non-hydrogen) atoms. The summed E-state index contributed by atoms with van der Waals surface area (Å²) in [5.41, 5.74) is 0.548. The first-order valence-corrected chi connectivity index (χ1v) is 13.2. The predicted molar refractivity (Wildman–Crippen MR) is 135 cm³/mol. The largest absolute Gasteiger partial charge is 0.352 e. The Hall–Kier alpha value is -2.13. The number of sulfonamides is 1. The van der Waals surface area contributed by atoms with E-state index in [1.165, 1.54) is 28.4 Å². The van der Waals surface area contributed by atoms with E-state index in [9.17, 15) is 18.0 Å². The van der Waals surface area contributed by atoms with Gasteiger partial charge in [-0.15, -0.1) is 0 Å². The summed E-state index contributed by atoms with van der Waals surface area (Å²) in [4.78, 5) is 27.5. The van der Waals surface area contributed by atoms with Crippen molar-refractivity contribution in [1.29, 1.82) is 0 Å². The first-order chi connectivity index (χ1) is 15.9. The molecule has 0 aromatic heterocycles. The molecule has 0 aliphatic carbocycles. The Morgan fingerprint density at radius 2 is 1.56 bits per heavy atom. The summed E-state index contributed by atoms with van der Waals surface area (Å²) in [5.74, 6) is -0.594. The SMILES string of the molecule is CC(C)NC(=O)[C@H](C)N(Cc1c(Cl)cccc1Cl)C(=O)CCCN(C)S(=O)(=O)c1ccccc1. The van der Waals surface area contributed by atoms with E-state index in [1.54, 1.807) is 43.3 Å². The quantitative estimate of drug-likeness (QED) is 0.470. The fourth-order valence-electron chi connectivity index (χ4n) is 3.33. The normalized spacial score (nSPS) is 12.6. The molecular formula is C24H31Cl2N3O4S. The van der Waals surface area contributed by atoms with Gasteiger partial charge in [0.15, 0.2) is 0 Å². The summed E-state index contributed by atoms with van der Waals surface area (Å²) in [6, 6.07) is 12.3. The van der Waals surface area contributed by atoms with Gasteiger partial charge in [0.1, 0.15) is 6.04 Å². The molecule has 0 heterocycles. The van der Waals surface area contributed by atoms with E-state index in [0.717, 1.165) is 0 Å². The van der Waals surface area contributed by atoms with E-state index in [1.807, 2.05) is 13.8 Å². The van der Waals surface area contributed by atoms with Gasteiger partial charge in [-0.25, -0.2) is 12.7 Å². The molecule has 0 aliphatic rings. The summed E-state index contributed by atoms with van der Waals surface area (Å²) in [6.45, 7) is 5.53. The van der Waals surface area contributed by atoms with Crippen LogP contribution in [0.4, 0.5) is 0 Å². The van der Waals surface area contributed by atoms with Crippen LogP contribution in [0.5, 0.6) is 0 Å². The van der Waals surface area contributed by atoms with Crippen molar-refractivity contribution in [2.45, 2.75) is 57.1 Å². The van der Waals surface area contributed by atoms with Crippen LogP contribution >= 0.6 is 23.2 Å². The third-order valence-electron chi connectivity index (χ3n) is 5.30. The maximum atomic E-state index is 13.2. The predicted octanol–water partition coefficient (Wildman–Crippen LogP) is 4.34. The summed E-state index contributed by atoms with van der Waals surface area (Å²) in [6.07, 6.45) is 0.336. The first kappa shape index (κ1) is 28.1. The second-order valence-corrected chi connectivity index (χ2v) is 11.2. The highest BCUT2D eigenvalue weighted by atomic mass is 35.5. The van der Waals surface area contributed by atoms with E-state index >= 15 is 0 Å². The van der Waals surface area contributed by atoms with E-state index in [2.05, 4.69) is 5.32 Å². The Morgan fingerprint density at radius 3 is 2.12 bits per heavy atom. The van der Waals surface area contributed by atoms with Crippen molar-refractivity contribution in [1.82, 2.24) is 14.5 Å². The highest BCUT2D eigenvalue weighted by Gasteiger charge is 2.28. The average Bonchev–Trinajstić information content (AvgIpc) is 2.78. The molecule has 0 spiro atoms. The lowest BCUT2D eigenvalue weighted by Crippen LogP contribution is -2.49. The molecule has 2 rings (SSSR count). The van der Waals surface area contributed by atoms with Gasteiger partial charge in [0.2, 0.25) is 21.8 Å². The maximum absolute atomic E-state index is 13.2. The average molecular weight is 529 g/mol. The van der Waals surface area contributed by atoms with E-state index < -0.39 is 16.1 Å². The fraction of sp³-hybridized carbons (Fsp3) is 0.417. The van der Waals surface area contributed by atoms with Crippen molar-refractivity contribution in [3.63, 3.8) is 0 Å². The molecule has 0 saturated carbocycles. The molecule has 186 valence electrons. The zero-order valence-electron chi connectivity index (χ0n) is 19.8. The molecule has 1 atom stereocenters. The number of benzene rings is 2. The highest BCUT2D eigenvalue weighted by Crippen LogP contribution is 2.27. The third-order valence-corrected chi connectivity index (χ3v) is 7.88. The van der Waals surface area contributed by atoms with E-state index in [-0.39, 0.29) is 48.7 Å². The van der Waals surface area contributed by atoms with Crippen LogP contribution in [0, 0.1) is 0 Å². The Bertz CT molecular complexity index is 1070. The van der Waals surface area contributed by atoms with Crippen LogP contribution in [0.25, 0.3) is 0 Å². The number of amides is 2. The smallest absolute Gasteiger partial charge is 0.242 e. The number of carbonyl (C=O) groups is 2. The van der Waals surface area contributed by atoms with Crippen molar-refractivity contribution in [2.24, 2.45) is 0 Å². The van der Waals surface area contributed by atoms with Gasteiger partial charge in [0.25, 0.3) is 0 Å². The summed E-state index contributed by atoms with van der Waals surface area (Å²) < 4.78 is 26.6. The summed E-state index contributed by atoms with van der Waals surface area (Å²) in [5, 5.41) is 3.62. The number of hydrogen-bond donors (Lipinski definition) is 1. The van der Waals surface area contributed by atoms with Gasteiger partial charge in [-0.2, -0.15) is 0 Å². The van der Waals surface area contributed by atoms with Crippen LogP contribution in [0.15, 0.2) is 53.4 Å². The molecule has 10 heteroatoms. The minimum atomic E-state index is -3.65. The standard InChI is InChI=1S/C24H31Cl2N3O4S/c1-17(2)27-24(31)18(3)29(16-20-21(25)12-8-13-22(20)26)23(30)14-9-15-28(4)34(32,33)19-10-6-5-7-11-19/h5-8,10-13,17-18H,9,14-16H2,1-4H3,(H,27,31)/t18-/m0/s1. The highest BCUT2D eigenvalue weighted by molar-refractivity contribution is 7.89. The van der Waals surface area contributed by atoms with Gasteiger partial charge in [-0.1, -0.05) is 47.5 Å².